The van der Waals surface area contributed by atoms with Gasteiger partial charge in [-0.1, -0.05) is 6.08 Å². The predicted molar refractivity (Wildman–Crippen MR) is 78.8 cm³/mol. The van der Waals surface area contributed by atoms with E-state index in [1.807, 2.05) is 6.92 Å². The van der Waals surface area contributed by atoms with Crippen molar-refractivity contribution in [1.29, 1.82) is 0 Å². The number of carbonyl (C=O) groups excluding carboxylic acids is 1. The second-order valence-electron chi connectivity index (χ2n) is 4.82. The van der Waals surface area contributed by atoms with E-state index in [9.17, 15) is 4.79 Å². The normalized spacial score (nSPS) is 15.6. The van der Waals surface area contributed by atoms with E-state index in [1.54, 1.807) is 6.08 Å². The smallest absolute Gasteiger partial charge is 0.263 e. The maximum Gasteiger partial charge on any atom is 0.263 e. The minimum Gasteiger partial charge on any atom is -0.348 e. The third-order valence-corrected chi connectivity index (χ3v) is 4.51. The number of likely N-dealkylation sites (tertiary alicyclic amines) is 1. The molecule has 1 aromatic heterocycles. The SMILES string of the molecule is C=CCNC(=O)c1sc(CCN2CCCC2)nc1C. The fourth-order valence-corrected chi connectivity index (χ4v) is 3.24. The van der Waals surface area contributed by atoms with Crippen LogP contribution in [0.3, 0.4) is 0 Å². The summed E-state index contributed by atoms with van der Waals surface area (Å²) in [5.41, 5.74) is 0.836. The summed E-state index contributed by atoms with van der Waals surface area (Å²) in [6.45, 7) is 9.46. The van der Waals surface area contributed by atoms with Gasteiger partial charge in [0.05, 0.1) is 10.7 Å². The molecule has 0 radical (unpaired) electrons. The molecule has 104 valence electrons. The Balaban J connectivity index is 1.91. The average Bonchev–Trinajstić information content (AvgIpc) is 3.02. The van der Waals surface area contributed by atoms with Gasteiger partial charge in [0, 0.05) is 19.5 Å². The Labute approximate surface area is 118 Å². The Bertz CT molecular complexity index is 450. The van der Waals surface area contributed by atoms with Crippen molar-refractivity contribution in [3.05, 3.63) is 28.2 Å². The van der Waals surface area contributed by atoms with Crippen molar-refractivity contribution in [2.75, 3.05) is 26.2 Å². The zero-order chi connectivity index (χ0) is 13.7. The second-order valence-corrected chi connectivity index (χ2v) is 5.90. The van der Waals surface area contributed by atoms with E-state index < -0.39 is 0 Å². The molecule has 1 aliphatic heterocycles. The largest absolute Gasteiger partial charge is 0.348 e. The van der Waals surface area contributed by atoms with Gasteiger partial charge in [-0.3, -0.25) is 4.79 Å². The van der Waals surface area contributed by atoms with Gasteiger partial charge < -0.3 is 10.2 Å². The highest BCUT2D eigenvalue weighted by atomic mass is 32.1. The predicted octanol–water partition coefficient (Wildman–Crippen LogP) is 2.01. The topological polar surface area (TPSA) is 45.2 Å². The van der Waals surface area contributed by atoms with Crippen molar-refractivity contribution in [3.8, 4) is 0 Å². The molecule has 1 fully saturated rings. The number of carbonyl (C=O) groups is 1. The van der Waals surface area contributed by atoms with E-state index in [4.69, 9.17) is 0 Å². The Morgan fingerprint density at radius 3 is 2.95 bits per heavy atom. The summed E-state index contributed by atoms with van der Waals surface area (Å²) in [7, 11) is 0. The van der Waals surface area contributed by atoms with Gasteiger partial charge in [-0.25, -0.2) is 4.98 Å². The van der Waals surface area contributed by atoms with Crippen LogP contribution in [0.5, 0.6) is 0 Å². The van der Waals surface area contributed by atoms with Crippen LogP contribution in [0.25, 0.3) is 0 Å². The lowest BCUT2D eigenvalue weighted by Gasteiger charge is -2.12. The third kappa shape index (κ3) is 3.88. The Morgan fingerprint density at radius 1 is 1.53 bits per heavy atom. The van der Waals surface area contributed by atoms with Crippen LogP contribution < -0.4 is 5.32 Å². The fraction of sp³-hybridized carbons (Fsp3) is 0.571. The van der Waals surface area contributed by atoms with Gasteiger partial charge in [0.25, 0.3) is 5.91 Å². The van der Waals surface area contributed by atoms with E-state index >= 15 is 0 Å². The van der Waals surface area contributed by atoms with E-state index in [0.717, 1.165) is 28.5 Å². The molecule has 0 bridgehead atoms. The fourth-order valence-electron chi connectivity index (χ4n) is 2.28. The van der Waals surface area contributed by atoms with Gasteiger partial charge in [0.15, 0.2) is 0 Å². The van der Waals surface area contributed by atoms with Gasteiger partial charge in [0.1, 0.15) is 4.88 Å². The molecule has 1 N–H and O–H groups in total. The van der Waals surface area contributed by atoms with Crippen LogP contribution in [0.1, 0.15) is 33.2 Å². The third-order valence-electron chi connectivity index (χ3n) is 3.29. The molecule has 1 aliphatic rings. The number of amides is 1. The highest BCUT2D eigenvalue weighted by Gasteiger charge is 2.16. The maximum atomic E-state index is 11.9. The van der Waals surface area contributed by atoms with Crippen LogP contribution >= 0.6 is 11.3 Å². The van der Waals surface area contributed by atoms with Crippen LogP contribution in [-0.4, -0.2) is 42.0 Å². The molecule has 1 aromatic rings. The maximum absolute atomic E-state index is 11.9. The van der Waals surface area contributed by atoms with Crippen molar-refractivity contribution < 1.29 is 4.79 Å². The Kier molecular flexibility index (Phi) is 5.10. The summed E-state index contributed by atoms with van der Waals surface area (Å²) in [6.07, 6.45) is 5.25. The monoisotopic (exact) mass is 279 g/mol. The van der Waals surface area contributed by atoms with Gasteiger partial charge in [-0.05, 0) is 32.9 Å². The number of aryl methyl sites for hydroxylation is 1. The molecule has 5 heteroatoms. The molecular formula is C14H21N3OS. The van der Waals surface area contributed by atoms with Crippen molar-refractivity contribution in [3.63, 3.8) is 0 Å². The van der Waals surface area contributed by atoms with E-state index in [0.29, 0.717) is 6.54 Å². The summed E-state index contributed by atoms with van der Waals surface area (Å²) >= 11 is 1.52. The number of hydrogen-bond donors (Lipinski definition) is 1. The van der Waals surface area contributed by atoms with Crippen LogP contribution in [0.4, 0.5) is 0 Å². The van der Waals surface area contributed by atoms with Crippen LogP contribution in [0.2, 0.25) is 0 Å². The molecule has 0 atom stereocenters. The molecule has 4 nitrogen and oxygen atoms in total. The first-order valence-electron chi connectivity index (χ1n) is 6.78. The first-order chi connectivity index (χ1) is 9.20. The number of hydrogen-bond acceptors (Lipinski definition) is 4. The molecule has 1 amide bonds. The lowest BCUT2D eigenvalue weighted by molar-refractivity contribution is 0.0961. The number of thiazole rings is 1. The molecule has 2 rings (SSSR count). The van der Waals surface area contributed by atoms with Crippen LogP contribution in [0, 0.1) is 6.92 Å². The van der Waals surface area contributed by atoms with Gasteiger partial charge >= 0.3 is 0 Å². The Morgan fingerprint density at radius 2 is 2.26 bits per heavy atom. The summed E-state index contributed by atoms with van der Waals surface area (Å²) < 4.78 is 0. The molecule has 2 heterocycles. The Hall–Kier alpha value is -1.20. The lowest BCUT2D eigenvalue weighted by atomic mass is 10.3. The lowest BCUT2D eigenvalue weighted by Crippen LogP contribution is -2.22. The molecule has 0 saturated carbocycles. The molecule has 0 aliphatic carbocycles. The number of nitrogens with zero attached hydrogens (tertiary/aromatic N) is 2. The highest BCUT2D eigenvalue weighted by molar-refractivity contribution is 7.13. The van der Waals surface area contributed by atoms with Crippen molar-refractivity contribution >= 4 is 17.2 Å². The molecule has 0 spiro atoms. The summed E-state index contributed by atoms with van der Waals surface area (Å²) in [6, 6.07) is 0. The summed E-state index contributed by atoms with van der Waals surface area (Å²) in [5.74, 6) is -0.0395. The van der Waals surface area contributed by atoms with Crippen molar-refractivity contribution in [2.24, 2.45) is 0 Å². The first-order valence-corrected chi connectivity index (χ1v) is 7.60. The molecule has 0 unspecified atom stereocenters. The molecule has 19 heavy (non-hydrogen) atoms. The number of rotatable bonds is 6. The van der Waals surface area contributed by atoms with Crippen LogP contribution in [0.15, 0.2) is 12.7 Å². The number of nitrogens with one attached hydrogen (secondary N) is 1. The quantitative estimate of drug-likeness (QED) is 0.810. The van der Waals surface area contributed by atoms with E-state index in [-0.39, 0.29) is 5.91 Å². The average molecular weight is 279 g/mol. The zero-order valence-corrected chi connectivity index (χ0v) is 12.3. The van der Waals surface area contributed by atoms with Crippen molar-refractivity contribution in [2.45, 2.75) is 26.2 Å². The molecule has 1 saturated heterocycles. The van der Waals surface area contributed by atoms with E-state index in [2.05, 4.69) is 21.8 Å². The molecular weight excluding hydrogens is 258 g/mol. The van der Waals surface area contributed by atoms with Crippen molar-refractivity contribution in [1.82, 2.24) is 15.2 Å². The summed E-state index contributed by atoms with van der Waals surface area (Å²) in [4.78, 5) is 19.6. The second kappa shape index (κ2) is 6.82. The standard InChI is InChI=1S/C14H21N3OS/c1-3-7-15-14(18)13-11(2)16-12(19-13)6-10-17-8-4-5-9-17/h3H,1,4-10H2,2H3,(H,15,18). The molecule has 0 aromatic carbocycles. The highest BCUT2D eigenvalue weighted by Crippen LogP contribution is 2.19. The zero-order valence-electron chi connectivity index (χ0n) is 11.4. The first kappa shape index (κ1) is 14.2. The minimum absolute atomic E-state index is 0.0395. The number of aromatic nitrogens is 1. The van der Waals surface area contributed by atoms with Gasteiger partial charge in [-0.2, -0.15) is 0 Å². The van der Waals surface area contributed by atoms with E-state index in [1.165, 1.54) is 37.3 Å². The van der Waals surface area contributed by atoms with Gasteiger partial charge in [-0.15, -0.1) is 17.9 Å². The van der Waals surface area contributed by atoms with Crippen LogP contribution in [-0.2, 0) is 6.42 Å². The summed E-state index contributed by atoms with van der Waals surface area (Å²) in [5, 5.41) is 3.87. The minimum atomic E-state index is -0.0395. The van der Waals surface area contributed by atoms with Gasteiger partial charge in [0.2, 0.25) is 0 Å².